The number of nitrogens with zero attached hydrogens (tertiary/aromatic N) is 1. The number of hydrogen-bond acceptors (Lipinski definition) is 4. The highest BCUT2D eigenvalue weighted by atomic mass is 32.2. The Labute approximate surface area is 111 Å². The normalized spacial score (nSPS) is 11.6. The van der Waals surface area contributed by atoms with Gasteiger partial charge in [-0.2, -0.15) is 0 Å². The monoisotopic (exact) mass is 271 g/mol. The number of rotatable bonds is 1. The van der Waals surface area contributed by atoms with E-state index < -0.39 is 0 Å². The molecule has 0 aliphatic carbocycles. The summed E-state index contributed by atoms with van der Waals surface area (Å²) in [6.07, 6.45) is 0. The molecular formula is C14H9NOS2. The van der Waals surface area contributed by atoms with Gasteiger partial charge in [-0.15, -0.1) is 22.7 Å². The van der Waals surface area contributed by atoms with Crippen LogP contribution in [0.15, 0.2) is 35.7 Å². The number of para-hydroxylation sites is 1. The summed E-state index contributed by atoms with van der Waals surface area (Å²) in [4.78, 5) is 4.59. The van der Waals surface area contributed by atoms with Crippen molar-refractivity contribution in [2.24, 2.45) is 0 Å². The Balaban J connectivity index is 2.37. The van der Waals surface area contributed by atoms with E-state index in [1.54, 1.807) is 29.8 Å². The molecule has 0 saturated heterocycles. The van der Waals surface area contributed by atoms with E-state index in [-0.39, 0.29) is 0 Å². The van der Waals surface area contributed by atoms with Crippen LogP contribution in [0.2, 0.25) is 0 Å². The molecule has 0 aliphatic heterocycles. The van der Waals surface area contributed by atoms with Crippen LogP contribution in [0, 0.1) is 0 Å². The van der Waals surface area contributed by atoms with Crippen LogP contribution in [-0.2, 0) is 0 Å². The van der Waals surface area contributed by atoms with Gasteiger partial charge in [0.25, 0.3) is 0 Å². The fourth-order valence-corrected chi connectivity index (χ4v) is 4.56. The van der Waals surface area contributed by atoms with Gasteiger partial charge in [-0.1, -0.05) is 18.2 Å². The SMILES string of the molecule is COc1nc2ccccc2c2c1sc1sccc12. The van der Waals surface area contributed by atoms with Crippen molar-refractivity contribution in [3.63, 3.8) is 0 Å². The van der Waals surface area contributed by atoms with E-state index >= 15 is 0 Å². The predicted octanol–water partition coefficient (Wildman–Crippen LogP) is 4.67. The molecule has 4 aromatic rings. The molecule has 88 valence electrons. The lowest BCUT2D eigenvalue weighted by Crippen LogP contribution is -1.88. The second-order valence-corrected chi connectivity index (χ2v) is 6.26. The zero-order valence-corrected chi connectivity index (χ0v) is 11.3. The minimum Gasteiger partial charge on any atom is -0.480 e. The molecule has 0 bridgehead atoms. The quantitative estimate of drug-likeness (QED) is 0.502. The summed E-state index contributed by atoms with van der Waals surface area (Å²) in [6, 6.07) is 10.4. The standard InChI is InChI=1S/C14H9NOS2/c1-16-13-12-11(9-6-7-17-14(9)18-12)8-4-2-3-5-10(8)15-13/h2-7H,1H3. The van der Waals surface area contributed by atoms with Gasteiger partial charge in [0.15, 0.2) is 0 Å². The highest BCUT2D eigenvalue weighted by Gasteiger charge is 2.15. The van der Waals surface area contributed by atoms with Crippen LogP contribution >= 0.6 is 22.7 Å². The van der Waals surface area contributed by atoms with Crippen LogP contribution in [0.3, 0.4) is 0 Å². The topological polar surface area (TPSA) is 22.1 Å². The first-order valence-corrected chi connectivity index (χ1v) is 7.30. The molecule has 4 rings (SSSR count). The maximum absolute atomic E-state index is 5.44. The number of pyridine rings is 1. The molecule has 0 spiro atoms. The molecule has 0 N–H and O–H groups in total. The Hall–Kier alpha value is -1.65. The number of aromatic nitrogens is 1. The number of benzene rings is 1. The molecule has 0 fully saturated rings. The van der Waals surface area contributed by atoms with Gasteiger partial charge in [-0.3, -0.25) is 0 Å². The van der Waals surface area contributed by atoms with Gasteiger partial charge in [0.2, 0.25) is 5.88 Å². The molecule has 0 saturated carbocycles. The Morgan fingerprint density at radius 3 is 2.89 bits per heavy atom. The van der Waals surface area contributed by atoms with Crippen LogP contribution in [0.4, 0.5) is 0 Å². The Bertz CT molecular complexity index is 875. The lowest BCUT2D eigenvalue weighted by Gasteiger charge is -2.04. The van der Waals surface area contributed by atoms with Crippen molar-refractivity contribution in [2.75, 3.05) is 7.11 Å². The van der Waals surface area contributed by atoms with Crippen molar-refractivity contribution in [3.8, 4) is 5.88 Å². The van der Waals surface area contributed by atoms with Crippen LogP contribution in [0.25, 0.3) is 30.4 Å². The van der Waals surface area contributed by atoms with Crippen LogP contribution in [0.1, 0.15) is 0 Å². The average Bonchev–Trinajstić information content (AvgIpc) is 2.97. The Morgan fingerprint density at radius 2 is 2.00 bits per heavy atom. The third-order valence-electron chi connectivity index (χ3n) is 3.10. The highest BCUT2D eigenvalue weighted by molar-refractivity contribution is 7.41. The number of methoxy groups -OCH3 is 1. The average molecular weight is 271 g/mol. The lowest BCUT2D eigenvalue weighted by atomic mass is 10.1. The molecule has 0 aliphatic rings. The molecule has 0 radical (unpaired) electrons. The summed E-state index contributed by atoms with van der Waals surface area (Å²) in [5.41, 5.74) is 0.993. The fraction of sp³-hybridized carbons (Fsp3) is 0.0714. The fourth-order valence-electron chi connectivity index (χ4n) is 2.32. The van der Waals surface area contributed by atoms with E-state index in [1.165, 1.54) is 20.2 Å². The van der Waals surface area contributed by atoms with Gasteiger partial charge in [0, 0.05) is 16.2 Å². The third kappa shape index (κ3) is 1.24. The summed E-state index contributed by atoms with van der Waals surface area (Å²) in [6.45, 7) is 0. The highest BCUT2D eigenvalue weighted by Crippen LogP contribution is 2.44. The zero-order chi connectivity index (χ0) is 12.1. The van der Waals surface area contributed by atoms with Gasteiger partial charge in [0.05, 0.1) is 21.3 Å². The first-order valence-electron chi connectivity index (χ1n) is 5.61. The molecule has 2 nitrogen and oxygen atoms in total. The van der Waals surface area contributed by atoms with Crippen molar-refractivity contribution in [1.82, 2.24) is 4.98 Å². The first kappa shape index (κ1) is 10.3. The molecule has 18 heavy (non-hydrogen) atoms. The van der Waals surface area contributed by atoms with Crippen LogP contribution < -0.4 is 4.74 Å². The third-order valence-corrected chi connectivity index (χ3v) is 5.34. The van der Waals surface area contributed by atoms with Crippen molar-refractivity contribution in [1.29, 1.82) is 0 Å². The lowest BCUT2D eigenvalue weighted by molar-refractivity contribution is 0.405. The predicted molar refractivity (Wildman–Crippen MR) is 79.1 cm³/mol. The Morgan fingerprint density at radius 1 is 1.11 bits per heavy atom. The molecule has 0 atom stereocenters. The number of thiophene rings is 2. The maximum Gasteiger partial charge on any atom is 0.232 e. The summed E-state index contributed by atoms with van der Waals surface area (Å²) >= 11 is 3.54. The molecule has 4 heteroatoms. The minimum absolute atomic E-state index is 0.733. The van der Waals surface area contributed by atoms with Crippen molar-refractivity contribution in [3.05, 3.63) is 35.7 Å². The molecular weight excluding hydrogens is 262 g/mol. The molecule has 1 aromatic carbocycles. The van der Waals surface area contributed by atoms with E-state index in [2.05, 4.69) is 28.6 Å². The van der Waals surface area contributed by atoms with Gasteiger partial charge < -0.3 is 4.74 Å². The number of fused-ring (bicyclic) bond motifs is 5. The second kappa shape index (κ2) is 3.67. The van der Waals surface area contributed by atoms with Crippen molar-refractivity contribution >= 4 is 53.1 Å². The van der Waals surface area contributed by atoms with Gasteiger partial charge in [-0.05, 0) is 17.5 Å². The Kier molecular flexibility index (Phi) is 2.10. The van der Waals surface area contributed by atoms with Gasteiger partial charge >= 0.3 is 0 Å². The maximum atomic E-state index is 5.44. The largest absolute Gasteiger partial charge is 0.480 e. The molecule has 0 unspecified atom stereocenters. The van der Waals surface area contributed by atoms with Crippen molar-refractivity contribution in [2.45, 2.75) is 0 Å². The van der Waals surface area contributed by atoms with Gasteiger partial charge in [0.1, 0.15) is 0 Å². The van der Waals surface area contributed by atoms with E-state index in [1.807, 2.05) is 12.1 Å². The summed E-state index contributed by atoms with van der Waals surface area (Å²) in [5.74, 6) is 0.733. The second-order valence-electron chi connectivity index (χ2n) is 4.07. The van der Waals surface area contributed by atoms with Gasteiger partial charge in [-0.25, -0.2) is 4.98 Å². The summed E-state index contributed by atoms with van der Waals surface area (Å²) < 4.78 is 7.92. The van der Waals surface area contributed by atoms with E-state index in [4.69, 9.17) is 4.74 Å². The van der Waals surface area contributed by atoms with E-state index in [0.717, 1.165) is 16.1 Å². The molecule has 0 amide bonds. The smallest absolute Gasteiger partial charge is 0.232 e. The zero-order valence-electron chi connectivity index (χ0n) is 9.64. The van der Waals surface area contributed by atoms with E-state index in [9.17, 15) is 0 Å². The number of ether oxygens (including phenoxy) is 1. The summed E-state index contributed by atoms with van der Waals surface area (Å²) in [5, 5.41) is 5.94. The summed E-state index contributed by atoms with van der Waals surface area (Å²) in [7, 11) is 1.68. The van der Waals surface area contributed by atoms with E-state index in [0.29, 0.717) is 0 Å². The molecule has 3 heterocycles. The number of hydrogen-bond donors (Lipinski definition) is 0. The minimum atomic E-state index is 0.733. The van der Waals surface area contributed by atoms with Crippen molar-refractivity contribution < 1.29 is 4.74 Å². The first-order chi connectivity index (χ1) is 8.88. The van der Waals surface area contributed by atoms with Crippen LogP contribution in [0.5, 0.6) is 5.88 Å². The molecule has 3 aromatic heterocycles. The van der Waals surface area contributed by atoms with Crippen LogP contribution in [-0.4, -0.2) is 12.1 Å².